The van der Waals surface area contributed by atoms with Gasteiger partial charge in [0.2, 0.25) is 5.95 Å². The highest BCUT2D eigenvalue weighted by atomic mass is 16.5. The van der Waals surface area contributed by atoms with E-state index < -0.39 is 11.2 Å². The minimum absolute atomic E-state index is 0.267. The molecular formula is C22H22N6O3. The number of hydrogen-bond acceptors (Lipinski definition) is 6. The van der Waals surface area contributed by atoms with E-state index in [4.69, 9.17) is 4.74 Å². The lowest BCUT2D eigenvalue weighted by Gasteiger charge is -2.10. The van der Waals surface area contributed by atoms with Gasteiger partial charge < -0.3 is 4.74 Å². The second-order valence-corrected chi connectivity index (χ2v) is 6.91. The smallest absolute Gasteiger partial charge is 0.329 e. The lowest BCUT2D eigenvalue weighted by molar-refractivity contribution is 0.301. The van der Waals surface area contributed by atoms with Crippen LogP contribution in [-0.2, 0) is 13.6 Å². The molecule has 31 heavy (non-hydrogen) atoms. The van der Waals surface area contributed by atoms with Crippen LogP contribution < -0.4 is 21.4 Å². The van der Waals surface area contributed by atoms with E-state index in [0.717, 1.165) is 17.0 Å². The number of hydrazone groups is 1. The second-order valence-electron chi connectivity index (χ2n) is 6.91. The topological polar surface area (TPSA) is 106 Å². The van der Waals surface area contributed by atoms with Crippen molar-refractivity contribution in [1.29, 1.82) is 0 Å². The van der Waals surface area contributed by atoms with E-state index in [0.29, 0.717) is 19.1 Å². The molecule has 0 saturated carbocycles. The van der Waals surface area contributed by atoms with Crippen LogP contribution in [0.25, 0.3) is 11.2 Å². The highest BCUT2D eigenvalue weighted by Gasteiger charge is 2.17. The van der Waals surface area contributed by atoms with E-state index in [-0.39, 0.29) is 11.2 Å². The average molecular weight is 418 g/mol. The van der Waals surface area contributed by atoms with Gasteiger partial charge in [-0.3, -0.25) is 18.9 Å². The summed E-state index contributed by atoms with van der Waals surface area (Å²) in [5.41, 5.74) is 4.14. The van der Waals surface area contributed by atoms with Gasteiger partial charge in [-0.25, -0.2) is 10.2 Å². The number of benzene rings is 2. The van der Waals surface area contributed by atoms with Gasteiger partial charge in [0.15, 0.2) is 11.2 Å². The van der Waals surface area contributed by atoms with Crippen LogP contribution in [0, 0.1) is 0 Å². The molecule has 9 heteroatoms. The molecule has 2 aromatic heterocycles. The molecule has 4 aromatic rings. The Kier molecular flexibility index (Phi) is 5.65. The molecule has 0 aliphatic carbocycles. The summed E-state index contributed by atoms with van der Waals surface area (Å²) >= 11 is 0. The van der Waals surface area contributed by atoms with Crippen molar-refractivity contribution < 1.29 is 4.74 Å². The molecule has 0 aliphatic rings. The molecule has 0 saturated heterocycles. The van der Waals surface area contributed by atoms with Crippen LogP contribution in [0.4, 0.5) is 5.95 Å². The lowest BCUT2D eigenvalue weighted by atomic mass is 10.1. The van der Waals surface area contributed by atoms with Gasteiger partial charge in [-0.15, -0.1) is 0 Å². The largest absolute Gasteiger partial charge is 0.492 e. The number of fused-ring (bicyclic) bond motifs is 1. The number of aromatic amines is 1. The summed E-state index contributed by atoms with van der Waals surface area (Å²) in [7, 11) is 1.56. The normalized spacial score (nSPS) is 11.6. The van der Waals surface area contributed by atoms with Crippen LogP contribution in [0.5, 0.6) is 5.75 Å². The number of hydrogen-bond donors (Lipinski definition) is 2. The van der Waals surface area contributed by atoms with Crippen molar-refractivity contribution in [3.8, 4) is 5.75 Å². The molecule has 2 N–H and O–H groups in total. The molecule has 158 valence electrons. The van der Waals surface area contributed by atoms with Crippen molar-refractivity contribution in [3.05, 3.63) is 87.1 Å². The van der Waals surface area contributed by atoms with E-state index in [2.05, 4.69) is 20.5 Å². The van der Waals surface area contributed by atoms with Crippen LogP contribution in [0.1, 0.15) is 12.5 Å². The maximum Gasteiger partial charge on any atom is 0.329 e. The maximum absolute atomic E-state index is 12.5. The van der Waals surface area contributed by atoms with Gasteiger partial charge in [0.1, 0.15) is 12.4 Å². The zero-order chi connectivity index (χ0) is 21.8. The van der Waals surface area contributed by atoms with E-state index >= 15 is 0 Å². The fraction of sp³-hybridized carbons (Fsp3) is 0.182. The molecule has 0 fully saturated rings. The fourth-order valence-corrected chi connectivity index (χ4v) is 3.19. The molecule has 0 radical (unpaired) electrons. The van der Waals surface area contributed by atoms with Gasteiger partial charge in [0.25, 0.3) is 5.56 Å². The highest BCUT2D eigenvalue weighted by molar-refractivity contribution is 5.99. The third-order valence-electron chi connectivity index (χ3n) is 4.85. The van der Waals surface area contributed by atoms with Crippen molar-refractivity contribution in [3.63, 3.8) is 0 Å². The number of anilines is 1. The Morgan fingerprint density at radius 1 is 1.10 bits per heavy atom. The van der Waals surface area contributed by atoms with E-state index in [1.807, 2.05) is 67.6 Å². The van der Waals surface area contributed by atoms with E-state index in [9.17, 15) is 9.59 Å². The summed E-state index contributed by atoms with van der Waals surface area (Å²) in [5.74, 6) is 1.06. The Morgan fingerprint density at radius 3 is 2.48 bits per heavy atom. The SMILES string of the molecule is CC(=NNc1nc2c(c(=O)[nH]c(=O)n2C)n1CCOc1ccccc1)c1ccccc1. The van der Waals surface area contributed by atoms with Gasteiger partial charge in [-0.2, -0.15) is 10.1 Å². The number of ether oxygens (including phenoxy) is 1. The first kappa shape index (κ1) is 20.1. The van der Waals surface area contributed by atoms with Crippen LogP contribution >= 0.6 is 0 Å². The molecule has 2 aromatic carbocycles. The molecule has 9 nitrogen and oxygen atoms in total. The van der Waals surface area contributed by atoms with Gasteiger partial charge in [0.05, 0.1) is 12.3 Å². The molecular weight excluding hydrogens is 396 g/mol. The van der Waals surface area contributed by atoms with Crippen molar-refractivity contribution in [2.45, 2.75) is 13.5 Å². The molecule has 2 heterocycles. The Balaban J connectivity index is 1.68. The first-order valence-corrected chi connectivity index (χ1v) is 9.77. The fourth-order valence-electron chi connectivity index (χ4n) is 3.19. The quantitative estimate of drug-likeness (QED) is 0.354. The number of nitrogens with zero attached hydrogens (tertiary/aromatic N) is 4. The van der Waals surface area contributed by atoms with Crippen molar-refractivity contribution >= 4 is 22.8 Å². The molecule has 0 amide bonds. The molecule has 4 rings (SSSR count). The van der Waals surface area contributed by atoms with Crippen LogP contribution in [0.2, 0.25) is 0 Å². The summed E-state index contributed by atoms with van der Waals surface area (Å²) in [6, 6.07) is 19.1. The van der Waals surface area contributed by atoms with E-state index in [1.54, 1.807) is 11.6 Å². The lowest BCUT2D eigenvalue weighted by Crippen LogP contribution is -2.29. The minimum Gasteiger partial charge on any atom is -0.492 e. The Morgan fingerprint density at radius 2 is 1.77 bits per heavy atom. The summed E-state index contributed by atoms with van der Waals surface area (Å²) in [6.45, 7) is 2.50. The van der Waals surface area contributed by atoms with Crippen molar-refractivity contribution in [2.24, 2.45) is 12.1 Å². The number of H-pyrrole nitrogens is 1. The second kappa shape index (κ2) is 8.70. The summed E-state index contributed by atoms with van der Waals surface area (Å²) in [4.78, 5) is 31.3. The van der Waals surface area contributed by atoms with Crippen LogP contribution in [0.3, 0.4) is 0 Å². The third kappa shape index (κ3) is 4.25. The summed E-state index contributed by atoms with van der Waals surface area (Å²) < 4.78 is 8.74. The third-order valence-corrected chi connectivity index (χ3v) is 4.85. The maximum atomic E-state index is 12.5. The first-order valence-electron chi connectivity index (χ1n) is 9.77. The number of aryl methyl sites for hydroxylation is 1. The van der Waals surface area contributed by atoms with Gasteiger partial charge >= 0.3 is 5.69 Å². The average Bonchev–Trinajstić information content (AvgIpc) is 3.16. The number of para-hydroxylation sites is 1. The van der Waals surface area contributed by atoms with Crippen molar-refractivity contribution in [2.75, 3.05) is 12.0 Å². The Labute approximate surface area is 177 Å². The monoisotopic (exact) mass is 418 g/mol. The van der Waals surface area contributed by atoms with Gasteiger partial charge in [0, 0.05) is 7.05 Å². The van der Waals surface area contributed by atoms with Crippen LogP contribution in [-0.4, -0.2) is 31.4 Å². The predicted octanol–water partition coefficient (Wildman–Crippen LogP) is 2.34. The zero-order valence-electron chi connectivity index (χ0n) is 17.2. The van der Waals surface area contributed by atoms with Crippen molar-refractivity contribution in [1.82, 2.24) is 19.1 Å². The molecule has 0 unspecified atom stereocenters. The van der Waals surface area contributed by atoms with E-state index in [1.165, 1.54) is 4.57 Å². The Bertz CT molecular complexity index is 1340. The molecule has 0 spiro atoms. The summed E-state index contributed by atoms with van der Waals surface area (Å²) in [6.07, 6.45) is 0. The number of imidazole rings is 1. The van der Waals surface area contributed by atoms with Gasteiger partial charge in [-0.05, 0) is 24.6 Å². The standard InChI is InChI=1S/C22H22N6O3/c1-15(16-9-5-3-6-10-16)25-26-21-23-19-18(20(29)24-22(30)27(19)2)28(21)13-14-31-17-11-7-4-8-12-17/h3-12H,13-14H2,1-2H3,(H,23,26)(H,24,29,30). The number of rotatable bonds is 7. The highest BCUT2D eigenvalue weighted by Crippen LogP contribution is 2.16. The first-order chi connectivity index (χ1) is 15.0. The number of nitrogens with one attached hydrogen (secondary N) is 2. The molecule has 0 atom stereocenters. The zero-order valence-corrected chi connectivity index (χ0v) is 17.2. The molecule has 0 bridgehead atoms. The Hall–Kier alpha value is -4.14. The van der Waals surface area contributed by atoms with Gasteiger partial charge in [-0.1, -0.05) is 48.5 Å². The summed E-state index contributed by atoms with van der Waals surface area (Å²) in [5, 5.41) is 4.41. The predicted molar refractivity (Wildman–Crippen MR) is 120 cm³/mol. The molecule has 0 aliphatic heterocycles. The van der Waals surface area contributed by atoms with Crippen LogP contribution in [0.15, 0.2) is 75.4 Å². The minimum atomic E-state index is -0.529. The number of aromatic nitrogens is 4.